The van der Waals surface area contributed by atoms with Gasteiger partial charge in [0, 0.05) is 24.7 Å². The lowest BCUT2D eigenvalue weighted by Crippen LogP contribution is -2.23. The molecular formula is C17H17ClN2O4. The smallest absolute Gasteiger partial charge is 0.267 e. The van der Waals surface area contributed by atoms with E-state index in [1.807, 2.05) is 6.07 Å². The molecular weight excluding hydrogens is 332 g/mol. The van der Waals surface area contributed by atoms with Gasteiger partial charge in [-0.15, -0.1) is 0 Å². The van der Waals surface area contributed by atoms with Crippen molar-refractivity contribution < 1.29 is 19.1 Å². The van der Waals surface area contributed by atoms with Crippen LogP contribution in [0.1, 0.15) is 39.8 Å². The van der Waals surface area contributed by atoms with E-state index < -0.39 is 0 Å². The largest absolute Gasteiger partial charge is 0.489 e. The van der Waals surface area contributed by atoms with E-state index in [9.17, 15) is 9.59 Å². The van der Waals surface area contributed by atoms with Gasteiger partial charge in [0.1, 0.15) is 5.69 Å². The normalized spacial score (nSPS) is 13.2. The first-order valence-electron chi connectivity index (χ1n) is 7.60. The molecule has 1 aromatic heterocycles. The number of rotatable bonds is 4. The number of H-pyrrole nitrogens is 1. The molecule has 2 heterocycles. The number of halogens is 1. The van der Waals surface area contributed by atoms with E-state index in [1.54, 1.807) is 6.07 Å². The molecule has 126 valence electrons. The maximum absolute atomic E-state index is 12.1. The Kier molecular flexibility index (Phi) is 4.76. The summed E-state index contributed by atoms with van der Waals surface area (Å²) in [5.41, 5.74) is 1.61. The van der Waals surface area contributed by atoms with Gasteiger partial charge in [0.05, 0.1) is 18.2 Å². The number of carbonyl (C=O) groups is 2. The zero-order chi connectivity index (χ0) is 17.1. The number of amides is 1. The summed E-state index contributed by atoms with van der Waals surface area (Å²) in [7, 11) is 0. The third-order valence-corrected chi connectivity index (χ3v) is 3.93. The molecule has 3 rings (SSSR count). The number of aromatic nitrogens is 1. The molecule has 0 unspecified atom stereocenters. The van der Waals surface area contributed by atoms with E-state index in [0.29, 0.717) is 41.0 Å². The van der Waals surface area contributed by atoms with E-state index in [0.717, 1.165) is 12.0 Å². The average Bonchev–Trinajstić information content (AvgIpc) is 2.93. The Hall–Kier alpha value is -2.47. The van der Waals surface area contributed by atoms with E-state index in [4.69, 9.17) is 21.1 Å². The molecule has 1 amide bonds. The van der Waals surface area contributed by atoms with Crippen LogP contribution in [0.15, 0.2) is 24.4 Å². The topological polar surface area (TPSA) is 80.4 Å². The lowest BCUT2D eigenvalue weighted by molar-refractivity contribution is 0.0946. The van der Waals surface area contributed by atoms with Crippen molar-refractivity contribution in [1.82, 2.24) is 10.3 Å². The van der Waals surface area contributed by atoms with Crippen LogP contribution in [0.3, 0.4) is 0 Å². The van der Waals surface area contributed by atoms with Crippen LogP contribution in [-0.4, -0.2) is 29.9 Å². The highest BCUT2D eigenvalue weighted by atomic mass is 35.5. The van der Waals surface area contributed by atoms with Crippen LogP contribution in [-0.2, 0) is 6.54 Å². The number of benzene rings is 1. The molecule has 2 aromatic rings. The number of fused-ring (bicyclic) bond motifs is 1. The summed E-state index contributed by atoms with van der Waals surface area (Å²) in [6.07, 6.45) is 2.31. The van der Waals surface area contributed by atoms with Gasteiger partial charge in [-0.05, 0) is 30.7 Å². The van der Waals surface area contributed by atoms with Gasteiger partial charge in [0.25, 0.3) is 5.91 Å². The number of Topliss-reactive ketones (excluding diaryl/α,β-unsaturated/α-hetero) is 1. The highest BCUT2D eigenvalue weighted by Crippen LogP contribution is 2.37. The molecule has 0 spiro atoms. The molecule has 1 aliphatic rings. The number of hydrogen-bond acceptors (Lipinski definition) is 4. The Bertz CT molecular complexity index is 785. The van der Waals surface area contributed by atoms with Crippen molar-refractivity contribution in [2.24, 2.45) is 0 Å². The second-order valence-corrected chi connectivity index (χ2v) is 5.90. The number of carbonyl (C=O) groups excluding carboxylic acids is 2. The van der Waals surface area contributed by atoms with Crippen molar-refractivity contribution in [3.8, 4) is 11.5 Å². The molecule has 0 fully saturated rings. The van der Waals surface area contributed by atoms with Crippen LogP contribution in [0.2, 0.25) is 5.02 Å². The third-order valence-electron chi connectivity index (χ3n) is 3.65. The number of ketones is 1. The first-order chi connectivity index (χ1) is 11.5. The average molecular weight is 349 g/mol. The predicted octanol–water partition coefficient (Wildman–Crippen LogP) is 2.96. The molecule has 2 N–H and O–H groups in total. The van der Waals surface area contributed by atoms with Gasteiger partial charge in [-0.3, -0.25) is 9.59 Å². The Morgan fingerprint density at radius 1 is 1.25 bits per heavy atom. The molecule has 24 heavy (non-hydrogen) atoms. The summed E-state index contributed by atoms with van der Waals surface area (Å²) in [6.45, 7) is 2.86. The minimum Gasteiger partial charge on any atom is -0.489 e. The Morgan fingerprint density at radius 3 is 2.79 bits per heavy atom. The minimum atomic E-state index is -0.300. The zero-order valence-electron chi connectivity index (χ0n) is 13.1. The highest BCUT2D eigenvalue weighted by molar-refractivity contribution is 6.32. The summed E-state index contributed by atoms with van der Waals surface area (Å²) in [5.74, 6) is 0.730. The molecule has 0 bridgehead atoms. The van der Waals surface area contributed by atoms with E-state index >= 15 is 0 Å². The quantitative estimate of drug-likeness (QED) is 0.832. The Morgan fingerprint density at radius 2 is 2.04 bits per heavy atom. The lowest BCUT2D eigenvalue weighted by atomic mass is 10.2. The first kappa shape index (κ1) is 16.4. The highest BCUT2D eigenvalue weighted by Gasteiger charge is 2.16. The van der Waals surface area contributed by atoms with Gasteiger partial charge in [0.15, 0.2) is 17.3 Å². The molecule has 1 aliphatic heterocycles. The number of hydrogen-bond donors (Lipinski definition) is 2. The second kappa shape index (κ2) is 6.97. The summed E-state index contributed by atoms with van der Waals surface area (Å²) in [5, 5.41) is 3.24. The van der Waals surface area contributed by atoms with Crippen LogP contribution in [0.4, 0.5) is 0 Å². The van der Waals surface area contributed by atoms with Crippen molar-refractivity contribution in [3.63, 3.8) is 0 Å². The number of ether oxygens (including phenoxy) is 2. The summed E-state index contributed by atoms with van der Waals surface area (Å²) in [6, 6.07) is 5.08. The standard InChI is InChI=1S/C17H17ClN2O4/c1-10(21)12-7-14(19-9-12)17(22)20-8-11-5-13(18)16-15(6-11)23-3-2-4-24-16/h5-7,9,19H,2-4,8H2,1H3,(H,20,22). The number of nitrogens with one attached hydrogen (secondary N) is 2. The van der Waals surface area contributed by atoms with Gasteiger partial charge >= 0.3 is 0 Å². The van der Waals surface area contributed by atoms with Gasteiger partial charge in [-0.25, -0.2) is 0 Å². The van der Waals surface area contributed by atoms with Gasteiger partial charge < -0.3 is 19.8 Å². The zero-order valence-corrected chi connectivity index (χ0v) is 13.9. The third kappa shape index (κ3) is 3.54. The molecule has 0 aliphatic carbocycles. The monoisotopic (exact) mass is 348 g/mol. The van der Waals surface area contributed by atoms with E-state index in [1.165, 1.54) is 19.2 Å². The fourth-order valence-corrected chi connectivity index (χ4v) is 2.68. The van der Waals surface area contributed by atoms with E-state index in [2.05, 4.69) is 10.3 Å². The Labute approximate surface area is 144 Å². The van der Waals surface area contributed by atoms with Crippen LogP contribution in [0, 0.1) is 0 Å². The second-order valence-electron chi connectivity index (χ2n) is 5.50. The van der Waals surface area contributed by atoms with Crippen LogP contribution in [0.5, 0.6) is 11.5 Å². The Balaban J connectivity index is 1.70. The SMILES string of the molecule is CC(=O)c1c[nH]c(C(=O)NCc2cc(Cl)c3c(c2)OCCCO3)c1. The predicted molar refractivity (Wildman–Crippen MR) is 89.0 cm³/mol. The summed E-state index contributed by atoms with van der Waals surface area (Å²) >= 11 is 6.23. The van der Waals surface area contributed by atoms with Crippen LogP contribution >= 0.6 is 11.6 Å². The van der Waals surface area contributed by atoms with Crippen LogP contribution < -0.4 is 14.8 Å². The molecule has 0 atom stereocenters. The maximum atomic E-state index is 12.1. The molecule has 0 saturated heterocycles. The fourth-order valence-electron chi connectivity index (χ4n) is 2.39. The molecule has 7 heteroatoms. The van der Waals surface area contributed by atoms with Crippen LogP contribution in [0.25, 0.3) is 0 Å². The first-order valence-corrected chi connectivity index (χ1v) is 7.98. The van der Waals surface area contributed by atoms with Gasteiger partial charge in [-0.1, -0.05) is 11.6 Å². The van der Waals surface area contributed by atoms with Crippen molar-refractivity contribution in [2.75, 3.05) is 13.2 Å². The minimum absolute atomic E-state index is 0.0972. The van der Waals surface area contributed by atoms with Crippen molar-refractivity contribution >= 4 is 23.3 Å². The fraction of sp³-hybridized carbons (Fsp3) is 0.294. The van der Waals surface area contributed by atoms with Gasteiger partial charge in [0.2, 0.25) is 0 Å². The van der Waals surface area contributed by atoms with Crippen molar-refractivity contribution in [1.29, 1.82) is 0 Å². The summed E-state index contributed by atoms with van der Waals surface area (Å²) < 4.78 is 11.2. The van der Waals surface area contributed by atoms with E-state index in [-0.39, 0.29) is 18.2 Å². The molecule has 1 aromatic carbocycles. The molecule has 0 radical (unpaired) electrons. The summed E-state index contributed by atoms with van der Waals surface area (Å²) in [4.78, 5) is 26.2. The maximum Gasteiger partial charge on any atom is 0.267 e. The van der Waals surface area contributed by atoms with Crippen molar-refractivity contribution in [3.05, 3.63) is 46.2 Å². The van der Waals surface area contributed by atoms with Crippen molar-refractivity contribution in [2.45, 2.75) is 19.9 Å². The lowest BCUT2D eigenvalue weighted by Gasteiger charge is -2.12. The van der Waals surface area contributed by atoms with Gasteiger partial charge in [-0.2, -0.15) is 0 Å². The molecule has 6 nitrogen and oxygen atoms in total. The number of aromatic amines is 1. The molecule has 0 saturated carbocycles.